The normalized spacial score (nSPS) is 10.7. The molecule has 2 amide bonds. The first-order chi connectivity index (χ1) is 14.9. The van der Waals surface area contributed by atoms with Crippen molar-refractivity contribution in [1.29, 1.82) is 0 Å². The number of carbonyl (C=O) groups excluding carboxylic acids is 2. The molecule has 3 rings (SSSR count). The van der Waals surface area contributed by atoms with Crippen LogP contribution in [0.15, 0.2) is 64.3 Å². The van der Waals surface area contributed by atoms with E-state index in [-0.39, 0.29) is 28.8 Å². The van der Waals surface area contributed by atoms with E-state index in [0.29, 0.717) is 12.1 Å². The van der Waals surface area contributed by atoms with Crippen LogP contribution in [0.3, 0.4) is 0 Å². The minimum Gasteiger partial charge on any atom is -0.326 e. The van der Waals surface area contributed by atoms with Gasteiger partial charge in [-0.3, -0.25) is 19.1 Å². The summed E-state index contributed by atoms with van der Waals surface area (Å²) in [5.41, 5.74) is 2.16. The zero-order valence-corrected chi connectivity index (χ0v) is 18.7. The van der Waals surface area contributed by atoms with Gasteiger partial charge < -0.3 is 10.6 Å². The highest BCUT2D eigenvalue weighted by Crippen LogP contribution is 2.21. The van der Waals surface area contributed by atoms with Gasteiger partial charge in [0, 0.05) is 24.1 Å². The zero-order chi connectivity index (χ0) is 22.4. The standard InChI is InChI=1S/C23H26N4O3S/c1-4-8-20(28)24-17-11-13-19(14-12-17)31-15-21(29)25-22-16(2)26(3)27(23(22)30)18-9-6-5-7-10-18/h5-7,9-14H,4,8,15H2,1-3H3,(H,24,28)(H,25,29). The molecule has 0 bridgehead atoms. The first-order valence-corrected chi connectivity index (χ1v) is 11.1. The lowest BCUT2D eigenvalue weighted by atomic mass is 10.3. The number of rotatable bonds is 8. The fourth-order valence-corrected chi connectivity index (χ4v) is 3.82. The fraction of sp³-hybridized carbons (Fsp3) is 0.261. The van der Waals surface area contributed by atoms with Crippen LogP contribution in [0.4, 0.5) is 11.4 Å². The van der Waals surface area contributed by atoms with Crippen molar-refractivity contribution in [3.63, 3.8) is 0 Å². The average Bonchev–Trinajstić information content (AvgIpc) is 2.97. The van der Waals surface area contributed by atoms with Gasteiger partial charge in [-0.15, -0.1) is 11.8 Å². The van der Waals surface area contributed by atoms with Crippen molar-refractivity contribution in [2.45, 2.75) is 31.6 Å². The van der Waals surface area contributed by atoms with E-state index in [1.807, 2.05) is 61.5 Å². The van der Waals surface area contributed by atoms with Crippen LogP contribution in [0.25, 0.3) is 5.69 Å². The SMILES string of the molecule is CCCC(=O)Nc1ccc(SCC(=O)Nc2c(C)n(C)n(-c3ccccc3)c2=O)cc1. The van der Waals surface area contributed by atoms with Gasteiger partial charge in [0.2, 0.25) is 11.8 Å². The lowest BCUT2D eigenvalue weighted by Crippen LogP contribution is -2.23. The van der Waals surface area contributed by atoms with Gasteiger partial charge in [0.1, 0.15) is 5.69 Å². The van der Waals surface area contributed by atoms with Crippen molar-refractivity contribution in [3.8, 4) is 5.69 Å². The second kappa shape index (κ2) is 10.2. The van der Waals surface area contributed by atoms with E-state index in [4.69, 9.17) is 0 Å². The maximum Gasteiger partial charge on any atom is 0.295 e. The molecule has 0 saturated heterocycles. The Labute approximate surface area is 185 Å². The Bertz CT molecular complexity index is 1120. The van der Waals surface area contributed by atoms with E-state index in [1.54, 1.807) is 18.7 Å². The van der Waals surface area contributed by atoms with E-state index in [1.165, 1.54) is 16.4 Å². The summed E-state index contributed by atoms with van der Waals surface area (Å²) in [6, 6.07) is 16.6. The van der Waals surface area contributed by atoms with Gasteiger partial charge in [0.05, 0.1) is 17.1 Å². The Hall–Kier alpha value is -3.26. The quantitative estimate of drug-likeness (QED) is 0.522. The summed E-state index contributed by atoms with van der Waals surface area (Å²) in [5.74, 6) is -0.0984. The van der Waals surface area contributed by atoms with Crippen molar-refractivity contribution in [2.24, 2.45) is 7.05 Å². The van der Waals surface area contributed by atoms with Gasteiger partial charge >= 0.3 is 0 Å². The number of benzene rings is 2. The Morgan fingerprint density at radius 2 is 1.65 bits per heavy atom. The number of carbonyl (C=O) groups is 2. The molecular weight excluding hydrogens is 412 g/mol. The Kier molecular flexibility index (Phi) is 7.36. The summed E-state index contributed by atoms with van der Waals surface area (Å²) < 4.78 is 3.26. The molecule has 31 heavy (non-hydrogen) atoms. The van der Waals surface area contributed by atoms with Gasteiger partial charge in [0.25, 0.3) is 5.56 Å². The summed E-state index contributed by atoms with van der Waals surface area (Å²) in [4.78, 5) is 37.9. The molecule has 0 unspecified atom stereocenters. The molecule has 162 valence electrons. The number of nitrogens with zero attached hydrogens (tertiary/aromatic N) is 2. The van der Waals surface area contributed by atoms with Gasteiger partial charge in [-0.05, 0) is 49.7 Å². The largest absolute Gasteiger partial charge is 0.326 e. The minimum atomic E-state index is -0.267. The molecule has 2 N–H and O–H groups in total. The van der Waals surface area contributed by atoms with Gasteiger partial charge in [0.15, 0.2) is 0 Å². The molecule has 0 aliphatic rings. The van der Waals surface area contributed by atoms with Crippen LogP contribution in [0.5, 0.6) is 0 Å². The third-order valence-corrected chi connectivity index (χ3v) is 5.82. The average molecular weight is 439 g/mol. The third kappa shape index (κ3) is 5.46. The van der Waals surface area contributed by atoms with Crippen molar-refractivity contribution in [2.75, 3.05) is 16.4 Å². The maximum atomic E-state index is 12.9. The lowest BCUT2D eigenvalue weighted by molar-refractivity contribution is -0.116. The van der Waals surface area contributed by atoms with Gasteiger partial charge in [-0.2, -0.15) is 0 Å². The smallest absolute Gasteiger partial charge is 0.295 e. The molecule has 8 heteroatoms. The van der Waals surface area contributed by atoms with Crippen LogP contribution in [-0.4, -0.2) is 26.9 Å². The highest BCUT2D eigenvalue weighted by Gasteiger charge is 2.18. The Morgan fingerprint density at radius 3 is 2.29 bits per heavy atom. The number of hydrogen-bond acceptors (Lipinski definition) is 4. The Morgan fingerprint density at radius 1 is 0.968 bits per heavy atom. The molecule has 0 aliphatic carbocycles. The summed E-state index contributed by atoms with van der Waals surface area (Å²) in [6.07, 6.45) is 1.29. The second-order valence-electron chi connectivity index (χ2n) is 7.10. The van der Waals surface area contributed by atoms with Crippen molar-refractivity contribution in [3.05, 3.63) is 70.6 Å². The summed E-state index contributed by atoms with van der Waals surface area (Å²) >= 11 is 1.36. The lowest BCUT2D eigenvalue weighted by Gasteiger charge is -2.07. The van der Waals surface area contributed by atoms with Crippen molar-refractivity contribution < 1.29 is 9.59 Å². The summed E-state index contributed by atoms with van der Waals surface area (Å²) in [7, 11) is 1.79. The van der Waals surface area contributed by atoms with Crippen LogP contribution in [0.2, 0.25) is 0 Å². The minimum absolute atomic E-state index is 0.0123. The first-order valence-electron chi connectivity index (χ1n) is 10.1. The van der Waals surface area contributed by atoms with Gasteiger partial charge in [-0.1, -0.05) is 25.1 Å². The van der Waals surface area contributed by atoms with E-state index in [0.717, 1.165) is 22.7 Å². The molecule has 3 aromatic rings. The molecule has 2 aromatic carbocycles. The highest BCUT2D eigenvalue weighted by molar-refractivity contribution is 8.00. The zero-order valence-electron chi connectivity index (χ0n) is 17.8. The second-order valence-corrected chi connectivity index (χ2v) is 8.14. The molecule has 1 aromatic heterocycles. The molecule has 1 heterocycles. The predicted molar refractivity (Wildman–Crippen MR) is 125 cm³/mol. The highest BCUT2D eigenvalue weighted by atomic mass is 32.2. The molecule has 0 fully saturated rings. The maximum absolute atomic E-state index is 12.9. The molecular formula is C23H26N4O3S. The number of hydrogen-bond donors (Lipinski definition) is 2. The topological polar surface area (TPSA) is 85.1 Å². The fourth-order valence-electron chi connectivity index (χ4n) is 3.12. The van der Waals surface area contributed by atoms with Crippen molar-refractivity contribution >= 4 is 35.0 Å². The molecule has 0 radical (unpaired) electrons. The molecule has 0 spiro atoms. The van der Waals surface area contributed by atoms with Crippen LogP contribution in [-0.2, 0) is 16.6 Å². The monoisotopic (exact) mass is 438 g/mol. The number of para-hydroxylation sites is 1. The third-order valence-electron chi connectivity index (χ3n) is 4.80. The first kappa shape index (κ1) is 22.4. The van der Waals surface area contributed by atoms with Crippen molar-refractivity contribution in [1.82, 2.24) is 9.36 Å². The van der Waals surface area contributed by atoms with E-state index in [2.05, 4.69) is 10.6 Å². The van der Waals surface area contributed by atoms with E-state index >= 15 is 0 Å². The van der Waals surface area contributed by atoms with E-state index in [9.17, 15) is 14.4 Å². The predicted octanol–water partition coefficient (Wildman–Crippen LogP) is 3.95. The number of anilines is 2. The molecule has 0 saturated carbocycles. The van der Waals surface area contributed by atoms with Crippen LogP contribution in [0, 0.1) is 6.92 Å². The number of aromatic nitrogens is 2. The number of nitrogens with one attached hydrogen (secondary N) is 2. The summed E-state index contributed by atoms with van der Waals surface area (Å²) in [5, 5.41) is 5.59. The summed E-state index contributed by atoms with van der Waals surface area (Å²) in [6.45, 7) is 3.76. The molecule has 7 nitrogen and oxygen atoms in total. The van der Waals surface area contributed by atoms with Crippen LogP contribution in [0.1, 0.15) is 25.5 Å². The number of thioether (sulfide) groups is 1. The van der Waals surface area contributed by atoms with Crippen LogP contribution < -0.4 is 16.2 Å². The van der Waals surface area contributed by atoms with E-state index < -0.39 is 0 Å². The number of amides is 2. The van der Waals surface area contributed by atoms with Crippen LogP contribution >= 0.6 is 11.8 Å². The molecule has 0 atom stereocenters. The Balaban J connectivity index is 1.63. The molecule has 0 aliphatic heterocycles. The van der Waals surface area contributed by atoms with Gasteiger partial charge in [-0.25, -0.2) is 4.68 Å².